The van der Waals surface area contributed by atoms with Gasteiger partial charge in [-0.25, -0.2) is 4.98 Å². The number of nitrogens with zero attached hydrogens (tertiary/aromatic N) is 1. The van der Waals surface area contributed by atoms with Crippen LogP contribution in [0.3, 0.4) is 0 Å². The van der Waals surface area contributed by atoms with Gasteiger partial charge in [0.15, 0.2) is 11.5 Å². The summed E-state index contributed by atoms with van der Waals surface area (Å²) in [4.78, 5) is 4.64. The fourth-order valence-corrected chi connectivity index (χ4v) is 2.93. The molecule has 1 aromatic carbocycles. The Labute approximate surface area is 128 Å². The van der Waals surface area contributed by atoms with Crippen LogP contribution >= 0.6 is 11.3 Å². The highest BCUT2D eigenvalue weighted by atomic mass is 32.1. The van der Waals surface area contributed by atoms with Crippen molar-refractivity contribution in [2.24, 2.45) is 0 Å². The van der Waals surface area contributed by atoms with Gasteiger partial charge in [-0.05, 0) is 12.1 Å². The fourth-order valence-electron chi connectivity index (χ4n) is 2.08. The van der Waals surface area contributed by atoms with Crippen molar-refractivity contribution in [3.63, 3.8) is 0 Å². The third kappa shape index (κ3) is 2.76. The maximum absolute atomic E-state index is 6.13. The second kappa shape index (κ2) is 6.22. The van der Waals surface area contributed by atoms with Crippen LogP contribution in [-0.2, 0) is 0 Å². The molecule has 6 heteroatoms. The van der Waals surface area contributed by atoms with Gasteiger partial charge in [0, 0.05) is 11.5 Å². The molecule has 2 N–H and O–H groups in total. The van der Waals surface area contributed by atoms with Gasteiger partial charge in [-0.2, -0.15) is 0 Å². The predicted molar refractivity (Wildman–Crippen MR) is 85.7 cm³/mol. The molecule has 0 unspecified atom stereocenters. The zero-order valence-corrected chi connectivity index (χ0v) is 13.7. The summed E-state index contributed by atoms with van der Waals surface area (Å²) in [6.45, 7) is 4.18. The van der Waals surface area contributed by atoms with E-state index in [2.05, 4.69) is 18.8 Å². The Balaban J connectivity index is 2.64. The molecule has 0 radical (unpaired) electrons. The first kappa shape index (κ1) is 15.4. The molecule has 0 aliphatic rings. The largest absolute Gasteiger partial charge is 0.493 e. The Morgan fingerprint density at radius 3 is 2.19 bits per heavy atom. The summed E-state index contributed by atoms with van der Waals surface area (Å²) < 4.78 is 16.2. The topological polar surface area (TPSA) is 66.6 Å². The van der Waals surface area contributed by atoms with E-state index >= 15 is 0 Å². The van der Waals surface area contributed by atoms with Gasteiger partial charge < -0.3 is 19.9 Å². The summed E-state index contributed by atoms with van der Waals surface area (Å²) in [6, 6.07) is 3.71. The van der Waals surface area contributed by atoms with Crippen molar-refractivity contribution in [3.8, 4) is 28.5 Å². The van der Waals surface area contributed by atoms with Crippen LogP contribution in [0.5, 0.6) is 17.2 Å². The van der Waals surface area contributed by atoms with Crippen LogP contribution in [0.15, 0.2) is 12.1 Å². The van der Waals surface area contributed by atoms with Gasteiger partial charge in [0.2, 0.25) is 5.75 Å². The first-order valence-corrected chi connectivity index (χ1v) is 7.40. The summed E-state index contributed by atoms with van der Waals surface area (Å²) in [5, 5.41) is 1.67. The van der Waals surface area contributed by atoms with E-state index < -0.39 is 0 Å². The van der Waals surface area contributed by atoms with Crippen LogP contribution in [0, 0.1) is 0 Å². The van der Waals surface area contributed by atoms with Crippen LogP contribution in [0.2, 0.25) is 0 Å². The van der Waals surface area contributed by atoms with E-state index in [1.807, 2.05) is 12.1 Å². The van der Waals surface area contributed by atoms with Crippen molar-refractivity contribution in [2.75, 3.05) is 27.1 Å². The van der Waals surface area contributed by atoms with E-state index in [9.17, 15) is 0 Å². The highest BCUT2D eigenvalue weighted by Crippen LogP contribution is 2.46. The van der Waals surface area contributed by atoms with E-state index in [0.717, 1.165) is 16.3 Å². The molecule has 0 amide bonds. The van der Waals surface area contributed by atoms with Gasteiger partial charge in [-0.1, -0.05) is 13.8 Å². The normalized spacial score (nSPS) is 10.8. The average Bonchev–Trinajstić information content (AvgIpc) is 2.87. The lowest BCUT2D eigenvalue weighted by Crippen LogP contribution is -1.98. The van der Waals surface area contributed by atoms with Gasteiger partial charge >= 0.3 is 0 Å². The number of rotatable bonds is 5. The lowest BCUT2D eigenvalue weighted by molar-refractivity contribution is 0.325. The molecule has 0 bridgehead atoms. The first-order valence-electron chi connectivity index (χ1n) is 6.59. The fraction of sp³-hybridized carbons (Fsp3) is 0.400. The smallest absolute Gasteiger partial charge is 0.203 e. The molecule has 2 rings (SSSR count). The summed E-state index contributed by atoms with van der Waals surface area (Å²) in [7, 11) is 4.76. The van der Waals surface area contributed by atoms with E-state index in [0.29, 0.717) is 28.2 Å². The van der Waals surface area contributed by atoms with Crippen molar-refractivity contribution in [3.05, 3.63) is 17.1 Å². The minimum Gasteiger partial charge on any atom is -0.493 e. The molecular weight excluding hydrogens is 288 g/mol. The Bertz CT molecular complexity index is 638. The number of hydrogen-bond donors (Lipinski definition) is 1. The molecule has 1 heterocycles. The molecule has 0 spiro atoms. The Hall–Kier alpha value is -1.95. The van der Waals surface area contributed by atoms with Crippen molar-refractivity contribution in [1.29, 1.82) is 0 Å². The number of aromatic nitrogens is 1. The Kier molecular flexibility index (Phi) is 4.57. The SMILES string of the molecule is COc1ccc(-c2nc(C(C)C)sc2N)c(OC)c1OC. The van der Waals surface area contributed by atoms with Gasteiger partial charge in [0.25, 0.3) is 0 Å². The third-order valence-electron chi connectivity index (χ3n) is 3.12. The molecule has 2 aromatic rings. The molecule has 0 aliphatic carbocycles. The highest BCUT2D eigenvalue weighted by Gasteiger charge is 2.21. The third-order valence-corrected chi connectivity index (χ3v) is 4.31. The number of methoxy groups -OCH3 is 3. The van der Waals surface area contributed by atoms with Crippen LogP contribution < -0.4 is 19.9 Å². The van der Waals surface area contributed by atoms with Crippen LogP contribution in [0.25, 0.3) is 11.3 Å². The number of ether oxygens (including phenoxy) is 3. The van der Waals surface area contributed by atoms with E-state index in [4.69, 9.17) is 19.9 Å². The maximum atomic E-state index is 6.13. The number of benzene rings is 1. The molecule has 0 saturated heterocycles. The molecule has 0 fully saturated rings. The minimum atomic E-state index is 0.331. The van der Waals surface area contributed by atoms with Gasteiger partial charge in [-0.15, -0.1) is 11.3 Å². The molecule has 0 atom stereocenters. The summed E-state index contributed by atoms with van der Waals surface area (Å²) in [5.41, 5.74) is 7.65. The molecule has 114 valence electrons. The zero-order chi connectivity index (χ0) is 15.6. The first-order chi connectivity index (χ1) is 10.0. The summed E-state index contributed by atoms with van der Waals surface area (Å²) >= 11 is 1.50. The standard InChI is InChI=1S/C15H20N2O3S/c1-8(2)15-17-11(14(16)21-15)9-6-7-10(18-3)13(20-5)12(9)19-4/h6-8H,16H2,1-5H3. The molecular formula is C15H20N2O3S. The predicted octanol–water partition coefficient (Wildman–Crippen LogP) is 3.54. The molecule has 0 saturated carbocycles. The number of nitrogen functional groups attached to an aromatic ring is 1. The monoisotopic (exact) mass is 308 g/mol. The van der Waals surface area contributed by atoms with Crippen molar-refractivity contribution >= 4 is 16.3 Å². The number of nitrogens with two attached hydrogens (primary N) is 1. The molecule has 0 aliphatic heterocycles. The van der Waals surface area contributed by atoms with Crippen LogP contribution in [0.4, 0.5) is 5.00 Å². The molecule has 5 nitrogen and oxygen atoms in total. The van der Waals surface area contributed by atoms with Gasteiger partial charge in [0.1, 0.15) is 10.7 Å². The van der Waals surface area contributed by atoms with E-state index in [1.165, 1.54) is 11.3 Å². The number of thiazole rings is 1. The second-order valence-corrected chi connectivity index (χ2v) is 5.86. The van der Waals surface area contributed by atoms with Crippen molar-refractivity contribution in [2.45, 2.75) is 19.8 Å². The second-order valence-electron chi connectivity index (χ2n) is 4.80. The minimum absolute atomic E-state index is 0.331. The van der Waals surface area contributed by atoms with Crippen molar-refractivity contribution in [1.82, 2.24) is 4.98 Å². The Morgan fingerprint density at radius 1 is 1.05 bits per heavy atom. The van der Waals surface area contributed by atoms with E-state index in [-0.39, 0.29) is 0 Å². The lowest BCUT2D eigenvalue weighted by Gasteiger charge is -2.15. The maximum Gasteiger partial charge on any atom is 0.203 e. The van der Waals surface area contributed by atoms with Crippen molar-refractivity contribution < 1.29 is 14.2 Å². The Morgan fingerprint density at radius 2 is 1.71 bits per heavy atom. The quantitative estimate of drug-likeness (QED) is 0.915. The summed E-state index contributed by atoms with van der Waals surface area (Å²) in [5.74, 6) is 2.05. The van der Waals surface area contributed by atoms with Crippen LogP contribution in [-0.4, -0.2) is 26.3 Å². The number of hydrogen-bond acceptors (Lipinski definition) is 6. The highest BCUT2D eigenvalue weighted by molar-refractivity contribution is 7.16. The lowest BCUT2D eigenvalue weighted by atomic mass is 10.1. The zero-order valence-electron chi connectivity index (χ0n) is 12.9. The molecule has 1 aromatic heterocycles. The summed E-state index contributed by atoms with van der Waals surface area (Å²) in [6.07, 6.45) is 0. The van der Waals surface area contributed by atoms with Crippen LogP contribution in [0.1, 0.15) is 24.8 Å². The molecule has 21 heavy (non-hydrogen) atoms. The van der Waals surface area contributed by atoms with Gasteiger partial charge in [-0.3, -0.25) is 0 Å². The van der Waals surface area contributed by atoms with E-state index in [1.54, 1.807) is 21.3 Å². The van der Waals surface area contributed by atoms with Gasteiger partial charge in [0.05, 0.1) is 26.3 Å². The number of anilines is 1. The average molecular weight is 308 g/mol.